The maximum atomic E-state index is 14.3. The molecule has 0 amide bonds. The zero-order valence-corrected chi connectivity index (χ0v) is 12.7. The van der Waals surface area contributed by atoms with Crippen molar-refractivity contribution in [2.24, 2.45) is 0 Å². The van der Waals surface area contributed by atoms with Crippen molar-refractivity contribution >= 4 is 5.69 Å². The van der Waals surface area contributed by atoms with E-state index in [1.807, 2.05) is 19.9 Å². The number of anilines is 1. The van der Waals surface area contributed by atoms with Crippen LogP contribution in [-0.4, -0.2) is 32.3 Å². The van der Waals surface area contributed by atoms with Gasteiger partial charge in [-0.25, -0.2) is 4.39 Å². The van der Waals surface area contributed by atoms with Gasteiger partial charge in [0.25, 0.3) is 0 Å². The van der Waals surface area contributed by atoms with Crippen molar-refractivity contribution in [3.8, 4) is 0 Å². The van der Waals surface area contributed by atoms with Crippen LogP contribution in [0.5, 0.6) is 0 Å². The van der Waals surface area contributed by atoms with Crippen LogP contribution < -0.4 is 10.2 Å². The fraction of sp³-hybridized carbons (Fsp3) is 0.625. The van der Waals surface area contributed by atoms with Gasteiger partial charge in [0.1, 0.15) is 5.82 Å². The highest BCUT2D eigenvalue weighted by atomic mass is 19.1. The van der Waals surface area contributed by atoms with E-state index in [4.69, 9.17) is 4.74 Å². The second-order valence-electron chi connectivity index (χ2n) is 5.43. The largest absolute Gasteiger partial charge is 0.377 e. The molecule has 0 spiro atoms. The lowest BCUT2D eigenvalue weighted by molar-refractivity contribution is 0.0820. The number of hydrogen-bond donors (Lipinski definition) is 1. The Morgan fingerprint density at radius 1 is 1.50 bits per heavy atom. The topological polar surface area (TPSA) is 24.5 Å². The maximum Gasteiger partial charge on any atom is 0.130 e. The van der Waals surface area contributed by atoms with E-state index in [0.717, 1.165) is 43.9 Å². The van der Waals surface area contributed by atoms with Gasteiger partial charge in [-0.1, -0.05) is 13.0 Å². The number of ether oxygens (including phenoxy) is 1. The summed E-state index contributed by atoms with van der Waals surface area (Å²) in [7, 11) is 0. The van der Waals surface area contributed by atoms with Gasteiger partial charge in [0.05, 0.1) is 6.10 Å². The van der Waals surface area contributed by atoms with E-state index in [-0.39, 0.29) is 18.0 Å². The van der Waals surface area contributed by atoms with Gasteiger partial charge >= 0.3 is 0 Å². The number of nitrogens with one attached hydrogen (secondary N) is 1. The first kappa shape index (κ1) is 15.3. The van der Waals surface area contributed by atoms with Crippen LogP contribution in [0.15, 0.2) is 18.2 Å². The highest BCUT2D eigenvalue weighted by Crippen LogP contribution is 2.30. The molecule has 1 aromatic rings. The third-order valence-electron chi connectivity index (χ3n) is 3.77. The van der Waals surface area contributed by atoms with Gasteiger partial charge in [0.2, 0.25) is 0 Å². The minimum Gasteiger partial charge on any atom is -0.377 e. The molecule has 1 aliphatic rings. The summed E-state index contributed by atoms with van der Waals surface area (Å²) in [4.78, 5) is 2.25. The standard InChI is InChI=1S/C16H25FN2O/c1-4-18-13(3)16-14(17)7-5-8-15(16)19-9-6-10-20-12(2)11-19/h5,7-8,12-13,18H,4,6,9-11H2,1-3H3. The molecular weight excluding hydrogens is 255 g/mol. The monoisotopic (exact) mass is 280 g/mol. The van der Waals surface area contributed by atoms with E-state index in [9.17, 15) is 4.39 Å². The van der Waals surface area contributed by atoms with Gasteiger partial charge in [-0.2, -0.15) is 0 Å². The van der Waals surface area contributed by atoms with Crippen molar-refractivity contribution < 1.29 is 9.13 Å². The van der Waals surface area contributed by atoms with Crippen molar-refractivity contribution in [3.63, 3.8) is 0 Å². The lowest BCUT2D eigenvalue weighted by atomic mass is 10.0. The lowest BCUT2D eigenvalue weighted by Gasteiger charge is -2.29. The number of hydrogen-bond acceptors (Lipinski definition) is 3. The summed E-state index contributed by atoms with van der Waals surface area (Å²) in [6.07, 6.45) is 1.17. The fourth-order valence-corrected chi connectivity index (χ4v) is 2.85. The molecule has 20 heavy (non-hydrogen) atoms. The van der Waals surface area contributed by atoms with Gasteiger partial charge in [-0.15, -0.1) is 0 Å². The first-order valence-corrected chi connectivity index (χ1v) is 7.51. The molecule has 1 heterocycles. The summed E-state index contributed by atoms with van der Waals surface area (Å²) in [5.41, 5.74) is 1.76. The first-order valence-electron chi connectivity index (χ1n) is 7.51. The number of benzene rings is 1. The molecule has 1 aliphatic heterocycles. The van der Waals surface area contributed by atoms with Crippen LogP contribution in [0, 0.1) is 5.82 Å². The van der Waals surface area contributed by atoms with Crippen LogP contribution in [0.25, 0.3) is 0 Å². The van der Waals surface area contributed by atoms with E-state index in [1.165, 1.54) is 0 Å². The molecule has 112 valence electrons. The third-order valence-corrected chi connectivity index (χ3v) is 3.77. The Morgan fingerprint density at radius 2 is 2.30 bits per heavy atom. The van der Waals surface area contributed by atoms with Crippen molar-refractivity contribution in [2.75, 3.05) is 31.1 Å². The predicted octanol–water partition coefficient (Wildman–Crippen LogP) is 3.11. The highest BCUT2D eigenvalue weighted by molar-refractivity contribution is 5.55. The molecule has 2 unspecified atom stereocenters. The number of halogens is 1. The zero-order chi connectivity index (χ0) is 14.5. The van der Waals surface area contributed by atoms with E-state index in [1.54, 1.807) is 12.1 Å². The van der Waals surface area contributed by atoms with Crippen LogP contribution >= 0.6 is 0 Å². The van der Waals surface area contributed by atoms with Gasteiger partial charge in [0, 0.05) is 37.0 Å². The predicted molar refractivity (Wildman–Crippen MR) is 80.7 cm³/mol. The molecule has 1 saturated heterocycles. The number of nitrogens with zero attached hydrogens (tertiary/aromatic N) is 1. The average Bonchev–Trinajstić information content (AvgIpc) is 2.63. The van der Waals surface area contributed by atoms with Gasteiger partial charge in [-0.3, -0.25) is 0 Å². The summed E-state index contributed by atoms with van der Waals surface area (Å²) in [5, 5.41) is 3.31. The molecule has 0 bridgehead atoms. The summed E-state index contributed by atoms with van der Waals surface area (Å²) >= 11 is 0. The SMILES string of the molecule is CCNC(C)c1c(F)cccc1N1CCCOC(C)C1. The molecule has 1 N–H and O–H groups in total. The average molecular weight is 280 g/mol. The fourth-order valence-electron chi connectivity index (χ4n) is 2.85. The van der Waals surface area contributed by atoms with Gasteiger partial charge < -0.3 is 15.0 Å². The zero-order valence-electron chi connectivity index (χ0n) is 12.7. The van der Waals surface area contributed by atoms with Gasteiger partial charge in [0.15, 0.2) is 0 Å². The number of rotatable bonds is 4. The summed E-state index contributed by atoms with van der Waals surface area (Å²) in [5.74, 6) is -0.131. The Bertz CT molecular complexity index is 438. The highest BCUT2D eigenvalue weighted by Gasteiger charge is 2.22. The minimum absolute atomic E-state index is 0.00989. The Labute approximate surface area is 121 Å². The molecule has 2 atom stereocenters. The molecule has 0 aromatic heterocycles. The van der Waals surface area contributed by atoms with Crippen molar-refractivity contribution in [1.82, 2.24) is 5.32 Å². The Kier molecular flexibility index (Phi) is 5.38. The third kappa shape index (κ3) is 3.49. The van der Waals surface area contributed by atoms with E-state index in [2.05, 4.69) is 17.1 Å². The van der Waals surface area contributed by atoms with E-state index < -0.39 is 0 Å². The van der Waals surface area contributed by atoms with Crippen LogP contribution in [0.2, 0.25) is 0 Å². The molecular formula is C16H25FN2O. The molecule has 2 rings (SSSR count). The second kappa shape index (κ2) is 7.04. The minimum atomic E-state index is -0.131. The molecule has 1 fully saturated rings. The summed E-state index contributed by atoms with van der Waals surface area (Å²) in [6.45, 7) is 9.47. The Morgan fingerprint density at radius 3 is 3.05 bits per heavy atom. The molecule has 0 radical (unpaired) electrons. The lowest BCUT2D eigenvalue weighted by Crippen LogP contribution is -2.32. The second-order valence-corrected chi connectivity index (χ2v) is 5.43. The van der Waals surface area contributed by atoms with Crippen LogP contribution in [0.4, 0.5) is 10.1 Å². The van der Waals surface area contributed by atoms with Crippen molar-refractivity contribution in [3.05, 3.63) is 29.6 Å². The van der Waals surface area contributed by atoms with Gasteiger partial charge in [-0.05, 0) is 38.9 Å². The summed E-state index contributed by atoms with van der Waals surface area (Å²) < 4.78 is 20.0. The summed E-state index contributed by atoms with van der Waals surface area (Å²) in [6, 6.07) is 5.37. The molecule has 1 aromatic carbocycles. The quantitative estimate of drug-likeness (QED) is 0.917. The van der Waals surface area contributed by atoms with E-state index in [0.29, 0.717) is 0 Å². The van der Waals surface area contributed by atoms with Crippen LogP contribution in [0.3, 0.4) is 0 Å². The molecule has 0 saturated carbocycles. The first-order chi connectivity index (χ1) is 9.63. The molecule has 0 aliphatic carbocycles. The Hall–Kier alpha value is -1.13. The van der Waals surface area contributed by atoms with Crippen LogP contribution in [-0.2, 0) is 4.74 Å². The molecule has 3 nitrogen and oxygen atoms in total. The smallest absolute Gasteiger partial charge is 0.130 e. The maximum absolute atomic E-state index is 14.3. The Balaban J connectivity index is 2.32. The van der Waals surface area contributed by atoms with Crippen molar-refractivity contribution in [2.45, 2.75) is 39.3 Å². The van der Waals surface area contributed by atoms with Crippen molar-refractivity contribution in [1.29, 1.82) is 0 Å². The van der Waals surface area contributed by atoms with E-state index >= 15 is 0 Å². The van der Waals surface area contributed by atoms with Crippen LogP contribution in [0.1, 0.15) is 38.8 Å². The molecule has 4 heteroatoms. The normalized spacial score (nSPS) is 21.6.